The van der Waals surface area contributed by atoms with Gasteiger partial charge in [-0.2, -0.15) is 0 Å². The third-order valence-electron chi connectivity index (χ3n) is 0. The van der Waals surface area contributed by atoms with E-state index in [1.165, 1.54) is 0 Å². The van der Waals surface area contributed by atoms with Crippen LogP contribution in [0.4, 0.5) is 0 Å². The van der Waals surface area contributed by atoms with Crippen LogP contribution in [0.15, 0.2) is 0 Å². The molecule has 0 rings (SSSR count). The Bertz CT molecular complexity index is 421. The molecule has 4 N–H and O–H groups in total. The van der Waals surface area contributed by atoms with E-state index in [0.29, 0.717) is 0 Å². The van der Waals surface area contributed by atoms with Crippen LogP contribution in [-0.2, 0) is 0 Å². The van der Waals surface area contributed by atoms with Gasteiger partial charge in [0.05, 0.1) is 45.8 Å². The van der Waals surface area contributed by atoms with Crippen molar-refractivity contribution in [3.05, 3.63) is 138 Å². The maximum Gasteiger partial charge on any atom is 4.00 e. The Balaban J connectivity index is -0.0000000208. The third-order valence-corrected chi connectivity index (χ3v) is 0. The minimum Gasteiger partial charge on any atom is -0.369 e. The number of hydrogen-bond acceptors (Lipinski definition) is 27. The summed E-state index contributed by atoms with van der Waals surface area (Å²) in [5.74, 6) is 0. The molecule has 0 aromatic heterocycles. The van der Waals surface area contributed by atoms with Crippen molar-refractivity contribution in [2.24, 2.45) is 0 Å². The standard InChI is InChI=1S/2Ce.9NO3.H3N/c;;9*2-1(3)4;/h;;;;;;;;;;;1H3/q2*+4;9*-1;/p+1. The zero-order valence-corrected chi connectivity index (χ0v) is 23.3. The molecule has 0 aliphatic heterocycles. The van der Waals surface area contributed by atoms with Crippen molar-refractivity contribution in [2.45, 2.75) is 0 Å². The van der Waals surface area contributed by atoms with E-state index in [-0.39, 0.29) is 89.6 Å². The predicted octanol–water partition coefficient (Wildman–Crippen LogP) is -1.78. The molecule has 0 aromatic carbocycles. The summed E-state index contributed by atoms with van der Waals surface area (Å²) in [5, 5.41) is 133. The van der Waals surface area contributed by atoms with Crippen molar-refractivity contribution in [1.82, 2.24) is 6.15 Å². The van der Waals surface area contributed by atoms with Gasteiger partial charge in [0.1, 0.15) is 0 Å². The first-order valence-electron chi connectivity index (χ1n) is 4.93. The van der Waals surface area contributed by atoms with E-state index in [0.717, 1.165) is 0 Å². The molecule has 0 amide bonds. The summed E-state index contributed by atoms with van der Waals surface area (Å²) in [6, 6.07) is 0. The second-order valence-corrected chi connectivity index (χ2v) is 2.01. The third kappa shape index (κ3) is 1650. The summed E-state index contributed by atoms with van der Waals surface area (Å²) >= 11 is 0. The first-order valence-corrected chi connectivity index (χ1v) is 4.93. The molecule has 0 aromatic rings. The predicted molar refractivity (Wildman–Crippen MR) is 99.2 cm³/mol. The molecular formula is H4Ce2N10O27. The van der Waals surface area contributed by atoms with E-state index in [4.69, 9.17) is 138 Å². The fraction of sp³-hybridized carbons (Fsp3) is 0. The molecule has 0 saturated carbocycles. The Hall–Kier alpha value is -4.49. The van der Waals surface area contributed by atoms with Gasteiger partial charge in [-0.05, 0) is 0 Å². The summed E-state index contributed by atoms with van der Waals surface area (Å²) in [6.45, 7) is 0. The van der Waals surface area contributed by atoms with Crippen LogP contribution in [0, 0.1) is 221 Å². The second kappa shape index (κ2) is 69.9. The molecule has 0 heterocycles. The smallest absolute Gasteiger partial charge is 0.369 e. The Morgan fingerprint density at radius 2 is 0.205 bits per heavy atom. The topological polar surface area (TPSA) is 632 Å². The number of hydrogen-bond donors (Lipinski definition) is 1. The van der Waals surface area contributed by atoms with Crippen LogP contribution in [0.25, 0.3) is 0 Å². The van der Waals surface area contributed by atoms with Gasteiger partial charge in [0.15, 0.2) is 0 Å². The van der Waals surface area contributed by atoms with E-state index in [1.807, 2.05) is 0 Å². The van der Waals surface area contributed by atoms with Crippen LogP contribution in [0.1, 0.15) is 0 Å². The van der Waals surface area contributed by atoms with Crippen molar-refractivity contribution in [3.8, 4) is 0 Å². The zero-order valence-electron chi connectivity index (χ0n) is 17.0. The van der Waals surface area contributed by atoms with Gasteiger partial charge in [-0.15, -0.1) is 0 Å². The van der Waals surface area contributed by atoms with Gasteiger partial charge in [-0.1, -0.05) is 0 Å². The first-order chi connectivity index (χ1) is 15.6. The van der Waals surface area contributed by atoms with Crippen LogP contribution in [-0.4, -0.2) is 45.8 Å². The van der Waals surface area contributed by atoms with Crippen molar-refractivity contribution < 1.29 is 129 Å². The number of nitrogens with zero attached hydrogens (tertiary/aromatic N) is 9. The van der Waals surface area contributed by atoms with Gasteiger partial charge >= 0.3 is 83.5 Å². The van der Waals surface area contributed by atoms with E-state index in [1.54, 1.807) is 0 Å². The average Bonchev–Trinajstić information content (AvgIpc) is 2.39. The van der Waals surface area contributed by atoms with Crippen LogP contribution in [0.5, 0.6) is 0 Å². The van der Waals surface area contributed by atoms with Crippen molar-refractivity contribution in [2.75, 3.05) is 0 Å². The van der Waals surface area contributed by atoms with Crippen LogP contribution in [0.2, 0.25) is 0 Å². The molecular weight excluding hydrogens is 852 g/mol. The normalized spacial score (nSPS) is 5.54. The number of quaternary nitrogens is 1. The molecule has 0 saturated heterocycles. The molecule has 0 fully saturated rings. The van der Waals surface area contributed by atoms with E-state index < -0.39 is 45.8 Å². The monoisotopic (exact) mass is 856 g/mol. The SMILES string of the molecule is O=[N+]([O-])[O-].O=[N+]([O-])[O-].O=[N+]([O-])[O-].O=[N+]([O-])[O-].O=[N+]([O-])[O-].O=[N+]([O-])[O-].O=[N+]([O-])[O-].O=[N+]([O-])[O-].O=[N+]([O-])[O-].[Ce+4].[Ce+4].[NH4+]. The van der Waals surface area contributed by atoms with Crippen LogP contribution >= 0.6 is 0 Å². The summed E-state index contributed by atoms with van der Waals surface area (Å²) in [6.07, 6.45) is 0. The Morgan fingerprint density at radius 1 is 0.205 bits per heavy atom. The number of rotatable bonds is 0. The van der Waals surface area contributed by atoms with Gasteiger partial charge < -0.3 is 144 Å². The Morgan fingerprint density at radius 3 is 0.205 bits per heavy atom. The van der Waals surface area contributed by atoms with Gasteiger partial charge in [-0.25, -0.2) is 0 Å². The minimum absolute atomic E-state index is 0. The van der Waals surface area contributed by atoms with E-state index in [9.17, 15) is 0 Å². The van der Waals surface area contributed by atoms with E-state index >= 15 is 0 Å². The van der Waals surface area contributed by atoms with Crippen molar-refractivity contribution >= 4 is 0 Å². The van der Waals surface area contributed by atoms with Crippen LogP contribution in [0.3, 0.4) is 0 Å². The van der Waals surface area contributed by atoms with Gasteiger partial charge in [0.25, 0.3) is 0 Å². The van der Waals surface area contributed by atoms with Gasteiger partial charge in [0, 0.05) is 0 Å². The largest absolute Gasteiger partial charge is 4.00 e. The summed E-state index contributed by atoms with van der Waals surface area (Å²) in [7, 11) is 0. The maximum absolute atomic E-state index is 8.25. The molecule has 0 bridgehead atoms. The molecule has 39 heteroatoms. The summed E-state index contributed by atoms with van der Waals surface area (Å²) in [5.41, 5.74) is 0. The maximum atomic E-state index is 8.25. The molecule has 0 spiro atoms. The van der Waals surface area contributed by atoms with Crippen LogP contribution < -0.4 is 6.15 Å². The molecule has 0 radical (unpaired) electrons. The fourth-order valence-corrected chi connectivity index (χ4v) is 0. The second-order valence-electron chi connectivity index (χ2n) is 2.01. The minimum atomic E-state index is -1.75. The van der Waals surface area contributed by atoms with Gasteiger partial charge in [-0.3, -0.25) is 0 Å². The summed E-state index contributed by atoms with van der Waals surface area (Å²) < 4.78 is 0. The molecule has 224 valence electrons. The molecule has 0 aliphatic rings. The fourth-order valence-electron chi connectivity index (χ4n) is 0. The molecule has 0 unspecified atom stereocenters. The summed E-state index contributed by atoms with van der Waals surface area (Å²) in [4.78, 5) is 74.2. The Kier molecular flexibility index (Phi) is 137. The zero-order chi connectivity index (χ0) is 32.2. The molecule has 39 heavy (non-hydrogen) atoms. The molecule has 0 atom stereocenters. The van der Waals surface area contributed by atoms with Gasteiger partial charge in [0.2, 0.25) is 0 Å². The van der Waals surface area contributed by atoms with Crippen molar-refractivity contribution in [1.29, 1.82) is 0 Å². The molecule has 37 nitrogen and oxygen atoms in total. The van der Waals surface area contributed by atoms with E-state index in [2.05, 4.69) is 0 Å². The Labute approximate surface area is 271 Å². The molecule has 0 aliphatic carbocycles. The average molecular weight is 856 g/mol. The van der Waals surface area contributed by atoms with Crippen molar-refractivity contribution in [3.63, 3.8) is 0 Å². The quantitative estimate of drug-likeness (QED) is 0.208. The first kappa shape index (κ1) is 76.5.